The van der Waals surface area contributed by atoms with Gasteiger partial charge in [-0.1, -0.05) is 13.3 Å². The van der Waals surface area contributed by atoms with Crippen LogP contribution in [0.15, 0.2) is 12.4 Å². The van der Waals surface area contributed by atoms with Crippen LogP contribution in [0.4, 0.5) is 0 Å². The molecule has 1 rings (SSSR count). The van der Waals surface area contributed by atoms with Crippen LogP contribution >= 0.6 is 0 Å². The molecule has 17 heavy (non-hydrogen) atoms. The topological polar surface area (TPSA) is 47.4 Å². The number of nitrogens with one attached hydrogen (secondary N) is 1. The van der Waals surface area contributed by atoms with Crippen molar-refractivity contribution in [1.82, 2.24) is 4.98 Å². The number of aromatic nitrogens is 2. The molecule has 0 aromatic carbocycles. The summed E-state index contributed by atoms with van der Waals surface area (Å²) < 4.78 is 18.4. The lowest BCUT2D eigenvalue weighted by molar-refractivity contribution is -0.691. The van der Waals surface area contributed by atoms with Crippen molar-refractivity contribution in [2.45, 2.75) is 32.4 Å². The maximum absolute atomic E-state index is 5.43. The molecule has 0 aliphatic carbocycles. The number of H-pyrrole nitrogens is 1. The second kappa shape index (κ2) is 6.90. The molecule has 0 amide bonds. The van der Waals surface area contributed by atoms with Crippen molar-refractivity contribution in [2.75, 3.05) is 21.3 Å². The van der Waals surface area contributed by atoms with E-state index in [2.05, 4.69) is 16.5 Å². The summed E-state index contributed by atoms with van der Waals surface area (Å²) in [4.78, 5) is 3.25. The summed E-state index contributed by atoms with van der Waals surface area (Å²) >= 11 is 0. The van der Waals surface area contributed by atoms with Crippen LogP contribution in [0.3, 0.4) is 0 Å². The molecule has 0 saturated carbocycles. The van der Waals surface area contributed by atoms with Gasteiger partial charge < -0.3 is 13.3 Å². The van der Waals surface area contributed by atoms with Gasteiger partial charge in [-0.25, -0.2) is 9.55 Å². The van der Waals surface area contributed by atoms with Gasteiger partial charge in [-0.3, -0.25) is 0 Å². The monoisotopic (exact) mass is 259 g/mol. The van der Waals surface area contributed by atoms with Crippen molar-refractivity contribution in [3.05, 3.63) is 18.2 Å². The van der Waals surface area contributed by atoms with Gasteiger partial charge in [-0.05, 0) is 6.42 Å². The first-order valence-corrected chi connectivity index (χ1v) is 7.85. The number of imidazole rings is 1. The van der Waals surface area contributed by atoms with Crippen LogP contribution in [0.2, 0.25) is 0 Å². The van der Waals surface area contributed by atoms with E-state index in [-0.39, 0.29) is 0 Å². The fraction of sp³-hybridized carbons (Fsp3) is 0.727. The lowest BCUT2D eigenvalue weighted by Crippen LogP contribution is -2.57. The zero-order valence-corrected chi connectivity index (χ0v) is 12.2. The first kappa shape index (κ1) is 14.4. The van der Waals surface area contributed by atoms with Gasteiger partial charge in [0, 0.05) is 27.8 Å². The molecule has 0 aliphatic rings. The van der Waals surface area contributed by atoms with Crippen LogP contribution in [0, 0.1) is 0 Å². The lowest BCUT2D eigenvalue weighted by Gasteiger charge is -2.22. The molecule has 1 aromatic rings. The van der Waals surface area contributed by atoms with Crippen molar-refractivity contribution in [2.24, 2.45) is 0 Å². The summed E-state index contributed by atoms with van der Waals surface area (Å²) in [6, 6.07) is 0. The molecule has 1 aromatic heterocycles. The van der Waals surface area contributed by atoms with Gasteiger partial charge in [-0.15, -0.1) is 0 Å². The maximum Gasteiger partial charge on any atom is 0.544 e. The van der Waals surface area contributed by atoms with Gasteiger partial charge in [-0.2, -0.15) is 0 Å². The summed E-state index contributed by atoms with van der Waals surface area (Å²) in [6.07, 6.45) is 7.96. The number of rotatable bonds is 8. The Morgan fingerprint density at radius 3 is 2.41 bits per heavy atom. The van der Waals surface area contributed by atoms with Gasteiger partial charge in [0.25, 0.3) is 5.82 Å². The first-order valence-electron chi connectivity index (χ1n) is 5.92. The standard InChI is InChI=1S/C11H22N2O3Si/c1-5-6-7-11-12-8-9-13(11)10-17(14-2,15-3)16-4/h8-9H,5-7,10H2,1-4H3/p+1. The Morgan fingerprint density at radius 1 is 1.24 bits per heavy atom. The second-order valence-electron chi connectivity index (χ2n) is 3.93. The molecule has 6 heteroatoms. The molecule has 0 radical (unpaired) electrons. The fourth-order valence-corrected chi connectivity index (χ4v) is 3.36. The number of aromatic amines is 1. The molecule has 0 fully saturated rings. The van der Waals surface area contributed by atoms with Crippen molar-refractivity contribution in [1.29, 1.82) is 0 Å². The van der Waals surface area contributed by atoms with E-state index in [4.69, 9.17) is 13.3 Å². The third-order valence-corrected chi connectivity index (χ3v) is 5.51. The van der Waals surface area contributed by atoms with Gasteiger partial charge >= 0.3 is 8.80 Å². The normalized spacial score (nSPS) is 12.0. The van der Waals surface area contributed by atoms with Crippen molar-refractivity contribution < 1.29 is 17.8 Å². The minimum Gasteiger partial charge on any atom is -0.375 e. The van der Waals surface area contributed by atoms with Gasteiger partial charge in [0.15, 0.2) is 6.17 Å². The molecule has 5 nitrogen and oxygen atoms in total. The number of nitrogens with zero attached hydrogens (tertiary/aromatic N) is 1. The van der Waals surface area contributed by atoms with E-state index in [9.17, 15) is 0 Å². The predicted octanol–water partition coefficient (Wildman–Crippen LogP) is 1.06. The number of hydrogen-bond donors (Lipinski definition) is 1. The van der Waals surface area contributed by atoms with Crippen LogP contribution in [0.25, 0.3) is 0 Å². The lowest BCUT2D eigenvalue weighted by atomic mass is 10.2. The van der Waals surface area contributed by atoms with Crippen LogP contribution in [0.5, 0.6) is 0 Å². The maximum atomic E-state index is 5.43. The van der Waals surface area contributed by atoms with Crippen molar-refractivity contribution >= 4 is 8.80 Å². The third kappa shape index (κ3) is 3.63. The second-order valence-corrected chi connectivity index (χ2v) is 6.84. The molecule has 1 N–H and O–H groups in total. The molecular formula is C11H23N2O3Si+. The minimum atomic E-state index is -2.55. The van der Waals surface area contributed by atoms with Gasteiger partial charge in [0.2, 0.25) is 0 Å². The third-order valence-electron chi connectivity index (χ3n) is 2.92. The van der Waals surface area contributed by atoms with Gasteiger partial charge in [0.1, 0.15) is 12.4 Å². The molecule has 0 saturated heterocycles. The fourth-order valence-electron chi connectivity index (χ4n) is 1.76. The average molecular weight is 259 g/mol. The Morgan fingerprint density at radius 2 is 1.88 bits per heavy atom. The van der Waals surface area contributed by atoms with E-state index in [1.807, 2.05) is 12.4 Å². The molecule has 0 spiro atoms. The van der Waals surface area contributed by atoms with E-state index in [1.54, 1.807) is 21.3 Å². The summed E-state index contributed by atoms with van der Waals surface area (Å²) in [5, 5.41) is 0. The highest BCUT2D eigenvalue weighted by Crippen LogP contribution is 2.07. The predicted molar refractivity (Wildman–Crippen MR) is 66.4 cm³/mol. The highest BCUT2D eigenvalue weighted by Gasteiger charge is 2.42. The molecule has 1 heterocycles. The quantitative estimate of drug-likeness (QED) is 0.561. The summed E-state index contributed by atoms with van der Waals surface area (Å²) in [6.45, 7) is 2.19. The Balaban J connectivity index is 2.75. The van der Waals surface area contributed by atoms with Crippen LogP contribution < -0.4 is 4.57 Å². The summed E-state index contributed by atoms with van der Waals surface area (Å²) in [5.41, 5.74) is 0. The molecule has 98 valence electrons. The Hall–Kier alpha value is -0.693. The van der Waals surface area contributed by atoms with E-state index in [0.29, 0.717) is 6.17 Å². The van der Waals surface area contributed by atoms with E-state index < -0.39 is 8.80 Å². The minimum absolute atomic E-state index is 0.638. The Bertz CT molecular complexity index is 318. The smallest absolute Gasteiger partial charge is 0.375 e. The van der Waals surface area contributed by atoms with Crippen molar-refractivity contribution in [3.8, 4) is 0 Å². The van der Waals surface area contributed by atoms with Crippen LogP contribution in [0.1, 0.15) is 25.6 Å². The first-order chi connectivity index (χ1) is 8.21. The average Bonchev–Trinajstić information content (AvgIpc) is 2.80. The summed E-state index contributed by atoms with van der Waals surface area (Å²) in [7, 11) is 2.36. The highest BCUT2D eigenvalue weighted by molar-refractivity contribution is 6.58. The highest BCUT2D eigenvalue weighted by atomic mass is 28.4. The molecule has 0 bridgehead atoms. The van der Waals surface area contributed by atoms with E-state index >= 15 is 0 Å². The zero-order valence-electron chi connectivity index (χ0n) is 11.2. The number of unbranched alkanes of at least 4 members (excludes halogenated alkanes) is 1. The number of aryl methyl sites for hydroxylation is 1. The molecule has 0 unspecified atom stereocenters. The Kier molecular flexibility index (Phi) is 5.83. The van der Waals surface area contributed by atoms with Crippen LogP contribution in [-0.2, 0) is 25.9 Å². The molecular weight excluding hydrogens is 236 g/mol. The van der Waals surface area contributed by atoms with Gasteiger partial charge in [0.05, 0.1) is 0 Å². The molecule has 0 aliphatic heterocycles. The van der Waals surface area contributed by atoms with Crippen molar-refractivity contribution in [3.63, 3.8) is 0 Å². The van der Waals surface area contributed by atoms with E-state index in [1.165, 1.54) is 18.7 Å². The number of hydrogen-bond acceptors (Lipinski definition) is 3. The van der Waals surface area contributed by atoms with E-state index in [0.717, 1.165) is 6.42 Å². The van der Waals surface area contributed by atoms with Crippen LogP contribution in [-0.4, -0.2) is 35.1 Å². The largest absolute Gasteiger partial charge is 0.544 e. The SMILES string of the molecule is CCCCc1[nH]cc[n+]1C[Si](OC)(OC)OC. The Labute approximate surface area is 104 Å². The zero-order chi connectivity index (χ0) is 12.7. The molecule has 0 atom stereocenters. The summed E-state index contributed by atoms with van der Waals surface area (Å²) in [5.74, 6) is 1.19.